The van der Waals surface area contributed by atoms with Gasteiger partial charge in [0.05, 0.1) is 0 Å². The van der Waals surface area contributed by atoms with Gasteiger partial charge in [-0.25, -0.2) is 18.7 Å². The van der Waals surface area contributed by atoms with Gasteiger partial charge in [0.1, 0.15) is 17.8 Å². The van der Waals surface area contributed by atoms with E-state index in [2.05, 4.69) is 35.7 Å². The molecule has 5 rings (SSSR count). The fraction of sp³-hybridized carbons (Fsp3) is 0.500. The van der Waals surface area contributed by atoms with E-state index in [1.54, 1.807) is 6.07 Å². The van der Waals surface area contributed by atoms with Crippen LogP contribution in [0.5, 0.6) is 5.88 Å². The predicted octanol–water partition coefficient (Wildman–Crippen LogP) is 3.96. The van der Waals surface area contributed by atoms with Crippen molar-refractivity contribution in [2.45, 2.75) is 62.7 Å². The average Bonchev–Trinajstić information content (AvgIpc) is 3.10. The lowest BCUT2D eigenvalue weighted by Gasteiger charge is -2.19. The van der Waals surface area contributed by atoms with E-state index in [1.807, 2.05) is 6.92 Å². The fourth-order valence-corrected chi connectivity index (χ4v) is 3.97. The Labute approximate surface area is 190 Å². The number of ether oxygens (including phenoxy) is 2. The number of anilines is 2. The smallest absolute Gasteiger partial charge is 0.443 e. The monoisotopic (exact) mass is 483 g/mol. The highest BCUT2D eigenvalue weighted by Gasteiger charge is 2.43. The summed E-state index contributed by atoms with van der Waals surface area (Å²) in [6.07, 6.45) is -2.49. The van der Waals surface area contributed by atoms with Crippen LogP contribution in [0.1, 0.15) is 44.2 Å². The first kappa shape index (κ1) is 22.2. The minimum atomic E-state index is -4.88. The van der Waals surface area contributed by atoms with Crippen molar-refractivity contribution in [3.05, 3.63) is 30.2 Å². The molecule has 2 aliphatic rings. The van der Waals surface area contributed by atoms with Crippen molar-refractivity contribution in [3.63, 3.8) is 0 Å². The first-order valence-electron chi connectivity index (χ1n) is 10.6. The van der Waals surface area contributed by atoms with Crippen LogP contribution in [0, 0.1) is 0 Å². The number of aromatic nitrogens is 5. The first-order chi connectivity index (χ1) is 16.1. The van der Waals surface area contributed by atoms with Gasteiger partial charge in [-0.3, -0.25) is 5.10 Å². The number of carbonyl (C=O) groups is 1. The van der Waals surface area contributed by atoms with Crippen LogP contribution in [0.25, 0.3) is 5.52 Å². The number of alkyl carbamates (subject to hydrolysis) is 1. The number of halogens is 4. The van der Waals surface area contributed by atoms with E-state index < -0.39 is 36.5 Å². The molecule has 0 aliphatic heterocycles. The van der Waals surface area contributed by atoms with E-state index in [0.29, 0.717) is 18.5 Å². The van der Waals surface area contributed by atoms with Crippen molar-refractivity contribution in [3.8, 4) is 5.88 Å². The molecule has 1 amide bonds. The Balaban J connectivity index is 1.25. The minimum Gasteiger partial charge on any atom is -0.443 e. The van der Waals surface area contributed by atoms with Gasteiger partial charge < -0.3 is 20.1 Å². The molecule has 2 saturated carbocycles. The first-order valence-corrected chi connectivity index (χ1v) is 10.6. The summed E-state index contributed by atoms with van der Waals surface area (Å²) < 4.78 is 62.8. The number of fused-ring (bicyclic) bond motifs is 1. The quantitative estimate of drug-likeness (QED) is 0.454. The van der Waals surface area contributed by atoms with Crippen molar-refractivity contribution in [1.82, 2.24) is 30.1 Å². The third-order valence-electron chi connectivity index (χ3n) is 6.00. The summed E-state index contributed by atoms with van der Waals surface area (Å²) in [6.45, 7) is 1.90. The maximum atomic E-state index is 15.0. The molecule has 182 valence electrons. The van der Waals surface area contributed by atoms with Crippen LogP contribution in [-0.4, -0.2) is 55.1 Å². The Kier molecular flexibility index (Phi) is 5.24. The molecule has 0 radical (unpaired) electrons. The molecule has 34 heavy (non-hydrogen) atoms. The molecule has 3 atom stereocenters. The molecule has 3 N–H and O–H groups in total. The third kappa shape index (κ3) is 4.70. The Hall–Kier alpha value is -3.58. The lowest BCUT2D eigenvalue weighted by Crippen LogP contribution is -2.38. The molecule has 0 saturated heterocycles. The molecule has 14 heteroatoms. The zero-order valence-corrected chi connectivity index (χ0v) is 17.9. The highest BCUT2D eigenvalue weighted by atomic mass is 19.4. The molecular formula is C20H21F4N7O3. The van der Waals surface area contributed by atoms with Crippen LogP contribution in [0.2, 0.25) is 0 Å². The van der Waals surface area contributed by atoms with E-state index in [4.69, 9.17) is 4.74 Å². The molecular weight excluding hydrogens is 462 g/mol. The van der Waals surface area contributed by atoms with Gasteiger partial charge >= 0.3 is 12.5 Å². The minimum absolute atomic E-state index is 0.180. The Morgan fingerprint density at radius 1 is 1.29 bits per heavy atom. The summed E-state index contributed by atoms with van der Waals surface area (Å²) in [5.74, 6) is -0.725. The van der Waals surface area contributed by atoms with Gasteiger partial charge in [0.25, 0.3) is 0 Å². The van der Waals surface area contributed by atoms with Crippen LogP contribution < -0.4 is 15.4 Å². The summed E-state index contributed by atoms with van der Waals surface area (Å²) >= 11 is 0. The Morgan fingerprint density at radius 3 is 2.82 bits per heavy atom. The number of aromatic amines is 1. The van der Waals surface area contributed by atoms with Crippen molar-refractivity contribution in [2.75, 3.05) is 5.32 Å². The number of alkyl halides is 4. The highest BCUT2D eigenvalue weighted by Crippen LogP contribution is 2.39. The van der Waals surface area contributed by atoms with E-state index in [9.17, 15) is 18.0 Å². The summed E-state index contributed by atoms with van der Waals surface area (Å²) in [7, 11) is 0. The van der Waals surface area contributed by atoms with Gasteiger partial charge in [-0.05, 0) is 32.6 Å². The molecule has 3 aromatic heterocycles. The molecule has 10 nitrogen and oxygen atoms in total. The average molecular weight is 483 g/mol. The molecule has 0 bridgehead atoms. The van der Waals surface area contributed by atoms with Crippen molar-refractivity contribution >= 4 is 23.2 Å². The number of H-pyrrole nitrogens is 1. The third-order valence-corrected chi connectivity index (χ3v) is 6.00. The topological polar surface area (TPSA) is 118 Å². The second kappa shape index (κ2) is 8.02. The van der Waals surface area contributed by atoms with Gasteiger partial charge in [-0.2, -0.15) is 5.10 Å². The van der Waals surface area contributed by atoms with E-state index in [-0.39, 0.29) is 22.7 Å². The van der Waals surface area contributed by atoms with E-state index >= 15 is 4.39 Å². The summed E-state index contributed by atoms with van der Waals surface area (Å²) in [5.41, 5.74) is 0.466. The van der Waals surface area contributed by atoms with Crippen LogP contribution in [-0.2, 0) is 4.74 Å². The van der Waals surface area contributed by atoms with Crippen LogP contribution in [0.4, 0.5) is 34.0 Å². The Bertz CT molecular complexity index is 1210. The molecule has 0 spiro atoms. The van der Waals surface area contributed by atoms with Gasteiger partial charge in [0, 0.05) is 41.7 Å². The molecule has 0 aromatic carbocycles. The lowest BCUT2D eigenvalue weighted by molar-refractivity contribution is -0.276. The van der Waals surface area contributed by atoms with Crippen molar-refractivity contribution in [1.29, 1.82) is 0 Å². The number of hydrogen-bond donors (Lipinski definition) is 3. The normalized spacial score (nSPS) is 23.6. The maximum Gasteiger partial charge on any atom is 0.574 e. The van der Waals surface area contributed by atoms with Gasteiger partial charge in [0.15, 0.2) is 11.6 Å². The SMILES string of the molecule is CC1(NC(=O)O[C@H]2CC[C@@H](c3cc(Nc4nccn5nc(OC(F)(F)F)cc45)n[nH]3)[C@@H]2F)CC1. The highest BCUT2D eigenvalue weighted by molar-refractivity contribution is 5.73. The maximum absolute atomic E-state index is 15.0. The molecule has 3 heterocycles. The molecule has 0 unspecified atom stereocenters. The fourth-order valence-electron chi connectivity index (χ4n) is 3.97. The number of nitrogens with one attached hydrogen (secondary N) is 3. The number of amides is 1. The molecule has 2 aliphatic carbocycles. The standard InChI is InChI=1S/C20H21F4N7O3/c1-19(4-5-19)27-18(32)33-13-3-2-10(16(13)21)11-8-14(29-28-11)26-17-12-9-15(34-20(22,23)24)30-31(12)7-6-25-17/h6-10,13,16H,2-5H2,1H3,(H,27,32)(H2,25,26,28,29)/t10-,13-,16-/m0/s1. The number of nitrogens with zero attached hydrogens (tertiary/aromatic N) is 4. The van der Waals surface area contributed by atoms with E-state index in [1.165, 1.54) is 16.9 Å². The predicted molar refractivity (Wildman–Crippen MR) is 109 cm³/mol. The van der Waals surface area contributed by atoms with Gasteiger partial charge in [0.2, 0.25) is 5.88 Å². The van der Waals surface area contributed by atoms with E-state index in [0.717, 1.165) is 18.9 Å². The second-order valence-corrected chi connectivity index (χ2v) is 8.73. The number of hydrogen-bond acceptors (Lipinski definition) is 7. The summed E-state index contributed by atoms with van der Waals surface area (Å²) in [6, 6.07) is 2.67. The van der Waals surface area contributed by atoms with Gasteiger partial charge in [-0.15, -0.1) is 18.3 Å². The van der Waals surface area contributed by atoms with Crippen LogP contribution in [0.3, 0.4) is 0 Å². The zero-order valence-electron chi connectivity index (χ0n) is 17.9. The largest absolute Gasteiger partial charge is 0.574 e. The number of rotatable bonds is 6. The summed E-state index contributed by atoms with van der Waals surface area (Å²) in [4.78, 5) is 16.1. The second-order valence-electron chi connectivity index (χ2n) is 8.73. The molecule has 2 fully saturated rings. The summed E-state index contributed by atoms with van der Waals surface area (Å²) in [5, 5.41) is 16.2. The zero-order chi connectivity index (χ0) is 24.1. The number of carbonyl (C=O) groups excluding carboxylic acids is 1. The van der Waals surface area contributed by atoms with Crippen molar-refractivity contribution in [2.24, 2.45) is 0 Å². The van der Waals surface area contributed by atoms with Crippen LogP contribution in [0.15, 0.2) is 24.5 Å². The van der Waals surface area contributed by atoms with Crippen molar-refractivity contribution < 1.29 is 31.8 Å². The Morgan fingerprint density at radius 2 is 2.09 bits per heavy atom. The lowest BCUT2D eigenvalue weighted by atomic mass is 10.0. The van der Waals surface area contributed by atoms with Crippen LogP contribution >= 0.6 is 0 Å². The molecule has 3 aromatic rings. The van der Waals surface area contributed by atoms with Gasteiger partial charge in [-0.1, -0.05) is 0 Å².